The van der Waals surface area contributed by atoms with E-state index in [1.807, 2.05) is 53.1 Å². The number of carbonyl (C=O) groups is 1. The zero-order chi connectivity index (χ0) is 23.5. The van der Waals surface area contributed by atoms with E-state index in [9.17, 15) is 4.79 Å². The molecule has 0 saturated heterocycles. The summed E-state index contributed by atoms with van der Waals surface area (Å²) in [5.41, 5.74) is 3.67. The van der Waals surface area contributed by atoms with Crippen LogP contribution in [0.4, 0.5) is 0 Å². The fraction of sp³-hybridized carbons (Fsp3) is 0.286. The van der Waals surface area contributed by atoms with Gasteiger partial charge >= 0.3 is 0 Å². The van der Waals surface area contributed by atoms with Gasteiger partial charge in [0.05, 0.1) is 16.1 Å². The maximum atomic E-state index is 13.9. The zero-order valence-corrected chi connectivity index (χ0v) is 20.5. The average molecular weight is 492 g/mol. The van der Waals surface area contributed by atoms with Crippen LogP contribution in [0.3, 0.4) is 0 Å². The van der Waals surface area contributed by atoms with Gasteiger partial charge in [0.2, 0.25) is 5.91 Å². The number of nitrogens with zero attached hydrogens (tertiary/aromatic N) is 3. The van der Waals surface area contributed by atoms with Gasteiger partial charge in [-0.3, -0.25) is 4.79 Å². The van der Waals surface area contributed by atoms with Crippen LogP contribution in [0.1, 0.15) is 37.7 Å². The first-order valence-electron chi connectivity index (χ1n) is 11.8. The smallest absolute Gasteiger partial charge is 0.243 e. The molecule has 1 heterocycles. The van der Waals surface area contributed by atoms with Crippen molar-refractivity contribution in [2.75, 3.05) is 0 Å². The Balaban J connectivity index is 1.53. The van der Waals surface area contributed by atoms with Gasteiger partial charge in [0.15, 0.2) is 0 Å². The Kier molecular flexibility index (Phi) is 6.89. The molecular weight excluding hydrogens is 465 g/mol. The largest absolute Gasteiger partial charge is 0.334 e. The number of halogens is 2. The number of para-hydroxylation sites is 2. The Morgan fingerprint density at radius 2 is 1.68 bits per heavy atom. The van der Waals surface area contributed by atoms with Crippen molar-refractivity contribution in [2.45, 2.75) is 51.2 Å². The van der Waals surface area contributed by atoms with E-state index in [1.165, 1.54) is 19.3 Å². The molecular formula is C28H27Cl2N3O. The number of imidazole rings is 1. The van der Waals surface area contributed by atoms with Crippen LogP contribution in [0.15, 0.2) is 72.8 Å². The third kappa shape index (κ3) is 4.84. The summed E-state index contributed by atoms with van der Waals surface area (Å²) in [6.45, 7) is 0.826. The Morgan fingerprint density at radius 1 is 0.941 bits per heavy atom. The van der Waals surface area contributed by atoms with Crippen molar-refractivity contribution in [3.05, 3.63) is 88.4 Å². The number of fused-ring (bicyclic) bond motifs is 1. The average Bonchev–Trinajstić information content (AvgIpc) is 3.21. The molecule has 34 heavy (non-hydrogen) atoms. The maximum Gasteiger partial charge on any atom is 0.243 e. The molecule has 0 atom stereocenters. The summed E-state index contributed by atoms with van der Waals surface area (Å²) in [4.78, 5) is 20.8. The highest BCUT2D eigenvalue weighted by molar-refractivity contribution is 6.36. The molecule has 1 amide bonds. The van der Waals surface area contributed by atoms with Crippen molar-refractivity contribution < 1.29 is 4.79 Å². The standard InChI is InChI=1S/C28H27Cl2N3O/c29-21-15-16-23(24(30)17-21)28-31-25-13-7-8-14-26(25)33(28)19-27(34)32(22-11-5-2-6-12-22)18-20-9-3-1-4-10-20/h1,3-4,7-10,13-17,22H,2,5-6,11-12,18-19H2. The normalized spacial score (nSPS) is 14.4. The quantitative estimate of drug-likeness (QED) is 0.282. The Hall–Kier alpha value is -2.82. The second kappa shape index (κ2) is 10.2. The molecule has 1 saturated carbocycles. The van der Waals surface area contributed by atoms with Gasteiger partial charge in [-0.15, -0.1) is 0 Å². The summed E-state index contributed by atoms with van der Waals surface area (Å²) in [6, 6.07) is 23.8. The highest BCUT2D eigenvalue weighted by Crippen LogP contribution is 2.33. The number of hydrogen-bond donors (Lipinski definition) is 0. The summed E-state index contributed by atoms with van der Waals surface area (Å²) in [7, 11) is 0. The molecule has 0 radical (unpaired) electrons. The van der Waals surface area contributed by atoms with Crippen molar-refractivity contribution >= 4 is 40.1 Å². The lowest BCUT2D eigenvalue weighted by Gasteiger charge is -2.35. The maximum absolute atomic E-state index is 13.9. The molecule has 4 aromatic rings. The highest BCUT2D eigenvalue weighted by atomic mass is 35.5. The van der Waals surface area contributed by atoms with Crippen LogP contribution in [0.5, 0.6) is 0 Å². The van der Waals surface area contributed by atoms with E-state index in [2.05, 4.69) is 17.0 Å². The molecule has 5 rings (SSSR count). The molecule has 1 aliphatic carbocycles. The zero-order valence-electron chi connectivity index (χ0n) is 19.0. The van der Waals surface area contributed by atoms with Crippen molar-refractivity contribution in [3.8, 4) is 11.4 Å². The second-order valence-corrected chi connectivity index (χ2v) is 9.78. The van der Waals surface area contributed by atoms with Crippen LogP contribution in [0.25, 0.3) is 22.4 Å². The number of rotatable bonds is 6. The molecule has 1 fully saturated rings. The Morgan fingerprint density at radius 3 is 2.44 bits per heavy atom. The van der Waals surface area contributed by atoms with Crippen LogP contribution in [0.2, 0.25) is 10.0 Å². The molecule has 0 bridgehead atoms. The van der Waals surface area contributed by atoms with Crippen LogP contribution in [-0.4, -0.2) is 26.4 Å². The summed E-state index contributed by atoms with van der Waals surface area (Å²) in [5.74, 6) is 0.782. The number of benzene rings is 3. The molecule has 1 aromatic heterocycles. The number of hydrogen-bond acceptors (Lipinski definition) is 2. The molecule has 4 nitrogen and oxygen atoms in total. The van der Waals surface area contributed by atoms with Gasteiger partial charge in [-0.2, -0.15) is 0 Å². The van der Waals surface area contributed by atoms with Gasteiger partial charge in [-0.25, -0.2) is 4.98 Å². The molecule has 1 aliphatic rings. The van der Waals surface area contributed by atoms with Gasteiger partial charge in [-0.1, -0.05) is 84.9 Å². The van der Waals surface area contributed by atoms with E-state index < -0.39 is 0 Å². The fourth-order valence-corrected chi connectivity index (χ4v) is 5.42. The highest BCUT2D eigenvalue weighted by Gasteiger charge is 2.27. The van der Waals surface area contributed by atoms with Gasteiger partial charge in [0.25, 0.3) is 0 Å². The van der Waals surface area contributed by atoms with E-state index in [0.717, 1.165) is 35.0 Å². The SMILES string of the molecule is O=C(Cn1c(-c2ccc(Cl)cc2Cl)nc2ccccc21)N(Cc1ccccc1)C1CCCCC1. The monoisotopic (exact) mass is 491 g/mol. The lowest BCUT2D eigenvalue weighted by molar-refractivity contribution is -0.135. The second-order valence-electron chi connectivity index (χ2n) is 8.93. The number of amides is 1. The summed E-state index contributed by atoms with van der Waals surface area (Å²) >= 11 is 12.7. The molecule has 6 heteroatoms. The Bertz CT molecular complexity index is 1300. The van der Waals surface area contributed by atoms with Crippen LogP contribution >= 0.6 is 23.2 Å². The van der Waals surface area contributed by atoms with Gasteiger partial charge < -0.3 is 9.47 Å². The summed E-state index contributed by atoms with van der Waals surface area (Å²) in [5, 5.41) is 1.09. The van der Waals surface area contributed by atoms with Gasteiger partial charge in [-0.05, 0) is 48.7 Å². The van der Waals surface area contributed by atoms with Crippen LogP contribution in [-0.2, 0) is 17.9 Å². The fourth-order valence-electron chi connectivity index (χ4n) is 4.93. The number of carbonyl (C=O) groups excluding carboxylic acids is 1. The van der Waals surface area contributed by atoms with Crippen molar-refractivity contribution in [2.24, 2.45) is 0 Å². The van der Waals surface area contributed by atoms with Crippen molar-refractivity contribution in [3.63, 3.8) is 0 Å². The van der Waals surface area contributed by atoms with Crippen LogP contribution in [0, 0.1) is 0 Å². The third-order valence-electron chi connectivity index (χ3n) is 6.65. The molecule has 0 aliphatic heterocycles. The lowest BCUT2D eigenvalue weighted by Crippen LogP contribution is -2.42. The predicted octanol–water partition coefficient (Wildman–Crippen LogP) is 7.37. The lowest BCUT2D eigenvalue weighted by atomic mass is 9.93. The van der Waals surface area contributed by atoms with E-state index in [4.69, 9.17) is 28.2 Å². The minimum atomic E-state index is 0.102. The minimum absolute atomic E-state index is 0.102. The van der Waals surface area contributed by atoms with E-state index in [1.54, 1.807) is 12.1 Å². The molecule has 0 unspecified atom stereocenters. The molecule has 174 valence electrons. The summed E-state index contributed by atoms with van der Waals surface area (Å²) in [6.07, 6.45) is 5.69. The van der Waals surface area contributed by atoms with Crippen LogP contribution < -0.4 is 0 Å². The van der Waals surface area contributed by atoms with Crippen molar-refractivity contribution in [1.82, 2.24) is 14.5 Å². The predicted molar refractivity (Wildman–Crippen MR) is 139 cm³/mol. The van der Waals surface area contributed by atoms with E-state index in [-0.39, 0.29) is 18.5 Å². The molecule has 0 spiro atoms. The van der Waals surface area contributed by atoms with E-state index in [0.29, 0.717) is 22.4 Å². The van der Waals surface area contributed by atoms with Gasteiger partial charge in [0.1, 0.15) is 12.4 Å². The van der Waals surface area contributed by atoms with Crippen molar-refractivity contribution in [1.29, 1.82) is 0 Å². The number of aromatic nitrogens is 2. The first-order chi connectivity index (χ1) is 16.6. The first-order valence-corrected chi connectivity index (χ1v) is 12.6. The summed E-state index contributed by atoms with van der Waals surface area (Å²) < 4.78 is 1.99. The molecule has 0 N–H and O–H groups in total. The topological polar surface area (TPSA) is 38.1 Å². The third-order valence-corrected chi connectivity index (χ3v) is 7.20. The van der Waals surface area contributed by atoms with Gasteiger partial charge in [0, 0.05) is 23.2 Å². The van der Waals surface area contributed by atoms with E-state index >= 15 is 0 Å². The molecule has 3 aromatic carbocycles. The Labute approximate surface area is 210 Å². The minimum Gasteiger partial charge on any atom is -0.334 e. The first kappa shape index (κ1) is 22.9.